The summed E-state index contributed by atoms with van der Waals surface area (Å²) < 4.78 is 6.24. The summed E-state index contributed by atoms with van der Waals surface area (Å²) in [6, 6.07) is 2.58. The van der Waals surface area contributed by atoms with Gasteiger partial charge < -0.3 is 35.8 Å². The predicted octanol–water partition coefficient (Wildman–Crippen LogP) is 2.14. The van der Waals surface area contributed by atoms with E-state index in [1.807, 2.05) is 23.5 Å². The summed E-state index contributed by atoms with van der Waals surface area (Å²) in [5.74, 6) is -5.40. The summed E-state index contributed by atoms with van der Waals surface area (Å²) in [4.78, 5) is 66.6. The van der Waals surface area contributed by atoms with Gasteiger partial charge in [-0.05, 0) is 73.1 Å². The van der Waals surface area contributed by atoms with Crippen LogP contribution in [0.2, 0.25) is 0 Å². The second kappa shape index (κ2) is 16.0. The Morgan fingerprint density at radius 2 is 1.74 bits per heavy atom. The van der Waals surface area contributed by atoms with Crippen molar-refractivity contribution in [2.24, 2.45) is 23.0 Å². The number of nitrogens with one attached hydrogen (secondary N) is 2. The number of hydrogen-bond acceptors (Lipinski definition) is 11. The average molecular weight is 715 g/mol. The molecule has 1 aromatic heterocycles. The van der Waals surface area contributed by atoms with Gasteiger partial charge in [0.25, 0.3) is 0 Å². The number of rotatable bonds is 13. The molecule has 2 amide bonds. The number of allylic oxidation sites excluding steroid dienone is 1. The van der Waals surface area contributed by atoms with Crippen molar-refractivity contribution in [3.8, 4) is 0 Å². The first-order valence-corrected chi connectivity index (χ1v) is 18.3. The van der Waals surface area contributed by atoms with E-state index >= 15 is 0 Å². The van der Waals surface area contributed by atoms with Crippen molar-refractivity contribution < 1.29 is 49.1 Å². The number of thioether (sulfide) groups is 1. The number of carbonyl (C=O) groups is 5. The van der Waals surface area contributed by atoms with Crippen LogP contribution in [0.3, 0.4) is 0 Å². The van der Waals surface area contributed by atoms with E-state index < -0.39 is 60.5 Å². The fourth-order valence-corrected chi connectivity index (χ4v) is 9.52. The Hall–Kier alpha value is -3.79. The normalized spacial score (nSPS) is 25.4. The van der Waals surface area contributed by atoms with E-state index in [1.165, 1.54) is 17.3 Å². The summed E-state index contributed by atoms with van der Waals surface area (Å²) in [5, 5.41) is 42.2. The van der Waals surface area contributed by atoms with E-state index in [2.05, 4.69) is 10.3 Å². The third-order valence-electron chi connectivity index (χ3n) is 10.4. The molecule has 1 saturated carbocycles. The minimum Gasteiger partial charge on any atom is -0.478 e. The molecule has 1 spiro atoms. The predicted molar refractivity (Wildman–Crippen MR) is 181 cm³/mol. The largest absolute Gasteiger partial charge is 0.478 e. The molecule has 14 nitrogen and oxygen atoms in total. The second-order valence-corrected chi connectivity index (χ2v) is 15.1. The van der Waals surface area contributed by atoms with Crippen LogP contribution in [0.4, 0.5) is 0 Å². The van der Waals surface area contributed by atoms with Crippen LogP contribution < -0.4 is 16.4 Å². The Balaban J connectivity index is 1.46. The van der Waals surface area contributed by atoms with Crippen molar-refractivity contribution in [2.45, 2.75) is 107 Å². The molecule has 4 aliphatic rings. The highest BCUT2D eigenvalue weighted by molar-refractivity contribution is 8.00. The molecule has 2 heterocycles. The molecule has 0 saturated heterocycles. The van der Waals surface area contributed by atoms with E-state index in [0.717, 1.165) is 75.3 Å². The lowest BCUT2D eigenvalue weighted by atomic mass is 9.70. The van der Waals surface area contributed by atoms with Gasteiger partial charge in [-0.3, -0.25) is 25.1 Å². The number of aliphatic hydroxyl groups is 2. The first-order chi connectivity index (χ1) is 23.8. The monoisotopic (exact) mass is 714 g/mol. The summed E-state index contributed by atoms with van der Waals surface area (Å²) in [5.41, 5.74) is 5.72. The van der Waals surface area contributed by atoms with Gasteiger partial charge in [0, 0.05) is 31.0 Å². The number of aromatic nitrogens is 1. The van der Waals surface area contributed by atoms with Gasteiger partial charge in [0.2, 0.25) is 23.8 Å². The lowest BCUT2D eigenvalue weighted by molar-refractivity contribution is -0.159. The van der Waals surface area contributed by atoms with Crippen LogP contribution in [-0.4, -0.2) is 84.1 Å². The fraction of sp³-hybridized carbons (Fsp3) is 0.600. The van der Waals surface area contributed by atoms with E-state index in [1.54, 1.807) is 12.4 Å². The molecular formula is C35H46N4O10S. The van der Waals surface area contributed by atoms with Crippen LogP contribution in [0.25, 0.3) is 0 Å². The molecule has 6 atom stereocenters. The molecular weight excluding hydrogens is 668 g/mol. The quantitative estimate of drug-likeness (QED) is 0.0882. The highest BCUT2D eigenvalue weighted by atomic mass is 32.2. The maximum atomic E-state index is 13.7. The van der Waals surface area contributed by atoms with Crippen molar-refractivity contribution in [2.75, 3.05) is 5.75 Å². The molecule has 15 heteroatoms. The second-order valence-electron chi connectivity index (χ2n) is 14.0. The summed E-state index contributed by atoms with van der Waals surface area (Å²) >= 11 is 1.36. The first kappa shape index (κ1) is 37.5. The number of nitrogens with two attached hydrogens (primary N) is 1. The Labute approximate surface area is 294 Å². The average Bonchev–Trinajstić information content (AvgIpc) is 3.68. The highest BCUT2D eigenvalue weighted by Crippen LogP contribution is 2.56. The Morgan fingerprint density at radius 3 is 2.40 bits per heavy atom. The van der Waals surface area contributed by atoms with Gasteiger partial charge in [0.1, 0.15) is 17.7 Å². The van der Waals surface area contributed by atoms with Crippen LogP contribution in [0.15, 0.2) is 47.5 Å². The topological polar surface area (TPSA) is 238 Å². The van der Waals surface area contributed by atoms with Gasteiger partial charge in [0.05, 0.1) is 5.25 Å². The Morgan fingerprint density at radius 1 is 1.06 bits per heavy atom. The molecule has 1 aliphatic heterocycles. The number of carbonyl (C=O) groups excluding carboxylic acids is 3. The van der Waals surface area contributed by atoms with Crippen molar-refractivity contribution in [1.29, 1.82) is 0 Å². The van der Waals surface area contributed by atoms with Crippen LogP contribution in [0, 0.1) is 17.3 Å². The zero-order valence-electron chi connectivity index (χ0n) is 27.8. The molecule has 1 unspecified atom stereocenters. The molecule has 0 bridgehead atoms. The SMILES string of the molecule is N[C@@](O)(CCC(=O)N[C@@H](CSC1C2=C3[C@@H](CCCCCC14CCCC4)CC(Cc1ccncc1)=C[C@@H]3C(=O)O2)C(=O)N[C@@H](O)C(=O)O)C(=O)O. The molecule has 3 aliphatic carbocycles. The van der Waals surface area contributed by atoms with Crippen molar-refractivity contribution >= 4 is 41.5 Å². The number of ether oxygens (including phenoxy) is 1. The standard InChI is InChI=1S/C35H46N4O10S/c36-35(48,33(46)47)13-7-25(40)38-24(29(41)39-30(42)31(43)44)19-50-28-27-26-22(6-2-1-3-10-34(28)11-4-5-12-34)17-21(18-23(26)32(45)49-27)16-20-8-14-37-15-9-20/h8-9,14-15,18,22-24,28,30,42,48H,1-7,10-13,16-17,19,36H2,(H,38,40)(H,39,41)(H,43,44)(H,46,47)/t22-,23-,24-,28?,30-,35+/m0/s1. The van der Waals surface area contributed by atoms with Gasteiger partial charge in [-0.2, -0.15) is 0 Å². The van der Waals surface area contributed by atoms with Crippen LogP contribution in [-0.2, 0) is 35.1 Å². The van der Waals surface area contributed by atoms with E-state index in [-0.39, 0.29) is 28.3 Å². The highest BCUT2D eigenvalue weighted by Gasteiger charge is 2.51. The molecule has 0 radical (unpaired) electrons. The number of carboxylic acid groups (broad SMARTS) is 2. The van der Waals surface area contributed by atoms with Crippen LogP contribution in [0.5, 0.6) is 0 Å². The summed E-state index contributed by atoms with van der Waals surface area (Å²) in [7, 11) is 0. The number of nitrogens with zero attached hydrogens (tertiary/aromatic N) is 1. The number of esters is 1. The molecule has 1 fully saturated rings. The zero-order chi connectivity index (χ0) is 36.1. The third-order valence-corrected chi connectivity index (χ3v) is 12.0. The van der Waals surface area contributed by atoms with Gasteiger partial charge in [-0.15, -0.1) is 11.8 Å². The number of aliphatic carboxylic acids is 2. The van der Waals surface area contributed by atoms with Crippen molar-refractivity contribution in [3.05, 3.63) is 53.1 Å². The van der Waals surface area contributed by atoms with Gasteiger partial charge in [-0.1, -0.05) is 43.8 Å². The first-order valence-electron chi connectivity index (χ1n) is 17.2. The van der Waals surface area contributed by atoms with Gasteiger partial charge in [0.15, 0.2) is 0 Å². The maximum Gasteiger partial charge on any atom is 0.353 e. The van der Waals surface area contributed by atoms with Crippen molar-refractivity contribution in [1.82, 2.24) is 15.6 Å². The minimum absolute atomic E-state index is 0.0745. The number of carboxylic acids is 2. The van der Waals surface area contributed by atoms with Gasteiger partial charge >= 0.3 is 17.9 Å². The van der Waals surface area contributed by atoms with Crippen LogP contribution in [0.1, 0.15) is 82.6 Å². The minimum atomic E-state index is -2.67. The zero-order valence-corrected chi connectivity index (χ0v) is 28.7. The van der Waals surface area contributed by atoms with Crippen molar-refractivity contribution in [3.63, 3.8) is 0 Å². The fourth-order valence-electron chi connectivity index (χ4n) is 7.86. The summed E-state index contributed by atoms with van der Waals surface area (Å²) in [6.45, 7) is 0. The van der Waals surface area contributed by atoms with E-state index in [0.29, 0.717) is 12.2 Å². The molecule has 8 N–H and O–H groups in total. The third kappa shape index (κ3) is 8.74. The lowest BCUT2D eigenvalue weighted by Gasteiger charge is -2.40. The van der Waals surface area contributed by atoms with E-state index in [9.17, 15) is 39.3 Å². The number of amides is 2. The number of pyridine rings is 1. The lowest BCUT2D eigenvalue weighted by Crippen LogP contribution is -2.54. The molecule has 50 heavy (non-hydrogen) atoms. The van der Waals surface area contributed by atoms with Crippen LogP contribution >= 0.6 is 11.8 Å². The summed E-state index contributed by atoms with van der Waals surface area (Å²) in [6.07, 6.45) is 12.2. The molecule has 5 rings (SSSR count). The molecule has 0 aromatic carbocycles. The smallest absolute Gasteiger partial charge is 0.353 e. The van der Waals surface area contributed by atoms with Gasteiger partial charge in [-0.25, -0.2) is 9.59 Å². The van der Waals surface area contributed by atoms with E-state index in [4.69, 9.17) is 15.6 Å². The number of hydrogen-bond donors (Lipinski definition) is 7. The maximum absolute atomic E-state index is 13.7. The Kier molecular flexibility index (Phi) is 12.0. The number of aliphatic hydroxyl groups excluding tert-OH is 1. The Bertz CT molecular complexity index is 1520. The molecule has 1 aromatic rings. The molecule has 272 valence electrons.